The maximum Gasteiger partial charge on any atom is 0.0280 e. The molecule has 0 aliphatic heterocycles. The molecule has 0 aromatic heterocycles. The summed E-state index contributed by atoms with van der Waals surface area (Å²) in [6.07, 6.45) is 0. The molecule has 4 aromatic carbocycles. The minimum Gasteiger partial charge on any atom is -0.0587 e. The van der Waals surface area contributed by atoms with E-state index in [-0.39, 0.29) is 11.1 Å². The lowest BCUT2D eigenvalue weighted by Crippen LogP contribution is -1.87. The van der Waals surface area contributed by atoms with E-state index in [1.54, 1.807) is 6.07 Å². The number of aryl methyl sites for hydroxylation is 8. The second kappa shape index (κ2) is 10.0. The van der Waals surface area contributed by atoms with Gasteiger partial charge in [0.25, 0.3) is 0 Å². The third-order valence-corrected chi connectivity index (χ3v) is 6.04. The van der Waals surface area contributed by atoms with Gasteiger partial charge in [-0.1, -0.05) is 83.9 Å². The minimum atomic E-state index is -2.37. The Morgan fingerprint density at radius 1 is 0.406 bits per heavy atom. The molecule has 0 aliphatic rings. The third-order valence-electron chi connectivity index (χ3n) is 6.04. The first-order valence-electron chi connectivity index (χ1n) is 14.0. The van der Waals surface area contributed by atoms with Crippen molar-refractivity contribution in [1.29, 1.82) is 0 Å². The number of hydrogen-bond acceptors (Lipinski definition) is 0. The van der Waals surface area contributed by atoms with Gasteiger partial charge in [-0.05, 0) is 111 Å². The maximum absolute atomic E-state index is 7.71. The van der Waals surface area contributed by atoms with E-state index in [4.69, 9.17) is 8.22 Å². The first kappa shape index (κ1) is 16.5. The smallest absolute Gasteiger partial charge is 0.0280 e. The minimum absolute atomic E-state index is 0.0474. The van der Waals surface area contributed by atoms with Crippen LogP contribution in [0.2, 0.25) is 0 Å². The van der Waals surface area contributed by atoms with Crippen molar-refractivity contribution in [3.63, 3.8) is 0 Å². The predicted octanol–water partition coefficient (Wildman–Crippen LogP) is 9.17. The summed E-state index contributed by atoms with van der Waals surface area (Å²) in [5.74, 6) is 0. The van der Waals surface area contributed by atoms with Crippen molar-refractivity contribution in [2.24, 2.45) is 0 Å². The van der Waals surface area contributed by atoms with Crippen LogP contribution in [0.4, 0.5) is 0 Å². The average molecular weight is 427 g/mol. The number of rotatable bonds is 2. The van der Waals surface area contributed by atoms with Crippen molar-refractivity contribution in [2.45, 2.75) is 55.2 Å². The van der Waals surface area contributed by atoms with Crippen LogP contribution in [0.5, 0.6) is 0 Å². The average Bonchev–Trinajstić information content (AvgIpc) is 2.82. The van der Waals surface area contributed by atoms with E-state index in [2.05, 4.69) is 64.1 Å². The molecular weight excluding hydrogens is 384 g/mol. The summed E-state index contributed by atoms with van der Waals surface area (Å²) in [5, 5.41) is 0. The van der Waals surface area contributed by atoms with E-state index in [1.807, 2.05) is 32.0 Å². The molecule has 32 heavy (non-hydrogen) atoms. The summed E-state index contributed by atoms with van der Waals surface area (Å²) in [6.45, 7) is 7.90. The molecule has 0 aliphatic carbocycles. The first-order valence-corrected chi connectivity index (χ1v) is 11.0. The lowest BCUT2D eigenvalue weighted by Gasteiger charge is -2.09. The van der Waals surface area contributed by atoms with Gasteiger partial charge < -0.3 is 0 Å². The van der Waals surface area contributed by atoms with Crippen molar-refractivity contribution in [1.82, 2.24) is 0 Å². The summed E-state index contributed by atoms with van der Waals surface area (Å²) >= 11 is 0. The van der Waals surface area contributed by atoms with Gasteiger partial charge in [-0.3, -0.25) is 0 Å². The third kappa shape index (κ3) is 5.56. The van der Waals surface area contributed by atoms with Crippen LogP contribution in [0.25, 0.3) is 22.3 Å². The molecule has 0 bridgehead atoms. The summed E-state index contributed by atoms with van der Waals surface area (Å²) in [6, 6.07) is 23.4. The molecule has 0 saturated heterocycles. The second-order valence-electron chi connectivity index (χ2n) is 8.68. The fraction of sp³-hybridized carbons (Fsp3) is 0.250. The lowest BCUT2D eigenvalue weighted by molar-refractivity contribution is 1.33. The van der Waals surface area contributed by atoms with Crippen molar-refractivity contribution >= 4 is 0 Å². The largest absolute Gasteiger partial charge is 0.0587 e. The summed E-state index contributed by atoms with van der Waals surface area (Å²) < 4.78 is 45.5. The molecule has 0 atom stereocenters. The molecule has 0 amide bonds. The summed E-state index contributed by atoms with van der Waals surface area (Å²) in [5.41, 5.74) is 11.7. The first-order chi connectivity index (χ1) is 17.6. The van der Waals surface area contributed by atoms with Gasteiger partial charge in [0.05, 0.1) is 0 Å². The van der Waals surface area contributed by atoms with Gasteiger partial charge >= 0.3 is 0 Å². The van der Waals surface area contributed by atoms with Crippen LogP contribution in [-0.4, -0.2) is 0 Å². The van der Waals surface area contributed by atoms with Crippen LogP contribution in [0.15, 0.2) is 72.8 Å². The Labute approximate surface area is 203 Å². The predicted molar refractivity (Wildman–Crippen MR) is 142 cm³/mol. The van der Waals surface area contributed by atoms with Crippen LogP contribution in [0, 0.1) is 55.2 Å². The molecule has 0 N–H and O–H groups in total. The highest BCUT2D eigenvalue weighted by molar-refractivity contribution is 5.69. The normalized spacial score (nSPS) is 14.1. The monoisotopic (exact) mass is 426 g/mol. The molecule has 0 nitrogen and oxygen atoms in total. The zero-order valence-electron chi connectivity index (χ0n) is 25.9. The van der Waals surface area contributed by atoms with Gasteiger partial charge in [0, 0.05) is 8.22 Å². The Hall–Kier alpha value is -3.12. The standard InChI is InChI=1S/2C16H18/c2*1-11-5-8-16(14(4)9-11)15-7-6-12(2)13(3)10-15/h2*5-10H,1-4H3/i1D3,4D3;. The van der Waals surface area contributed by atoms with Gasteiger partial charge in [0.2, 0.25) is 0 Å². The van der Waals surface area contributed by atoms with Crippen LogP contribution in [-0.2, 0) is 0 Å². The molecule has 0 heteroatoms. The Kier molecular flexibility index (Phi) is 5.16. The van der Waals surface area contributed by atoms with Crippen LogP contribution >= 0.6 is 0 Å². The molecule has 0 saturated carbocycles. The molecule has 0 radical (unpaired) electrons. The lowest BCUT2D eigenvalue weighted by atomic mass is 9.96. The Bertz CT molecular complexity index is 1440. The van der Waals surface area contributed by atoms with Crippen LogP contribution in [0.1, 0.15) is 52.7 Å². The van der Waals surface area contributed by atoms with E-state index >= 15 is 0 Å². The molecule has 4 rings (SSSR count). The Morgan fingerprint density at radius 3 is 1.38 bits per heavy atom. The summed E-state index contributed by atoms with van der Waals surface area (Å²) in [7, 11) is 0. The van der Waals surface area contributed by atoms with E-state index in [1.165, 1.54) is 45.5 Å². The molecule has 164 valence electrons. The molecule has 0 fully saturated rings. The van der Waals surface area contributed by atoms with E-state index in [0.717, 1.165) is 16.7 Å². The molecule has 4 aromatic rings. The molecule has 0 spiro atoms. The van der Waals surface area contributed by atoms with E-state index in [9.17, 15) is 0 Å². The van der Waals surface area contributed by atoms with Gasteiger partial charge in [-0.25, -0.2) is 0 Å². The van der Waals surface area contributed by atoms with Gasteiger partial charge in [0.15, 0.2) is 0 Å². The van der Waals surface area contributed by atoms with Crippen LogP contribution < -0.4 is 0 Å². The van der Waals surface area contributed by atoms with Crippen molar-refractivity contribution in [2.75, 3.05) is 0 Å². The number of hydrogen-bond donors (Lipinski definition) is 0. The fourth-order valence-electron chi connectivity index (χ4n) is 3.75. The zero-order valence-corrected chi connectivity index (χ0v) is 19.9. The van der Waals surface area contributed by atoms with Crippen molar-refractivity contribution in [3.05, 3.63) is 117 Å². The van der Waals surface area contributed by atoms with Crippen molar-refractivity contribution in [3.8, 4) is 22.3 Å². The Morgan fingerprint density at radius 2 is 0.906 bits per heavy atom. The highest BCUT2D eigenvalue weighted by Crippen LogP contribution is 2.27. The van der Waals surface area contributed by atoms with Gasteiger partial charge in [-0.15, -0.1) is 0 Å². The topological polar surface area (TPSA) is 0 Å². The second-order valence-corrected chi connectivity index (χ2v) is 8.68. The zero-order chi connectivity index (χ0) is 28.4. The highest BCUT2D eigenvalue weighted by atomic mass is 14.1. The molecular formula is C32H36. The SMILES string of the molecule is Cc1ccc(-c2ccc(C)c(C)c2)c(C)c1.[2H]C([2H])([2H])c1ccc(-c2ccc(C)c(C)c2)c(C([2H])([2H])[2H])c1. The summed E-state index contributed by atoms with van der Waals surface area (Å²) in [4.78, 5) is 0. The molecule has 0 heterocycles. The van der Waals surface area contributed by atoms with E-state index < -0.39 is 13.7 Å². The van der Waals surface area contributed by atoms with Gasteiger partial charge in [0.1, 0.15) is 0 Å². The molecule has 0 unspecified atom stereocenters. The number of benzene rings is 4. The van der Waals surface area contributed by atoms with Crippen molar-refractivity contribution < 1.29 is 8.22 Å². The maximum atomic E-state index is 7.71. The Balaban J connectivity index is 0.000000221. The van der Waals surface area contributed by atoms with Gasteiger partial charge in [-0.2, -0.15) is 0 Å². The highest BCUT2D eigenvalue weighted by Gasteiger charge is 2.04. The van der Waals surface area contributed by atoms with Crippen LogP contribution in [0.3, 0.4) is 0 Å². The van der Waals surface area contributed by atoms with E-state index in [0.29, 0.717) is 5.56 Å². The quantitative estimate of drug-likeness (QED) is 0.300. The fourth-order valence-corrected chi connectivity index (χ4v) is 3.75.